The van der Waals surface area contributed by atoms with Crippen molar-refractivity contribution in [2.45, 2.75) is 51.6 Å². The van der Waals surface area contributed by atoms with Crippen LogP contribution < -0.4 is 10.6 Å². The minimum absolute atomic E-state index is 0.0896. The average Bonchev–Trinajstić information content (AvgIpc) is 2.79. The van der Waals surface area contributed by atoms with E-state index in [4.69, 9.17) is 0 Å². The van der Waals surface area contributed by atoms with Crippen LogP contribution in [0.25, 0.3) is 0 Å². The number of hydrogen-bond donors (Lipinski definition) is 2. The molecule has 0 bridgehead atoms. The maximum Gasteiger partial charge on any atom is 0.273 e. The molecule has 0 unspecified atom stereocenters. The largest absolute Gasteiger partial charge is 0.348 e. The Bertz CT molecular complexity index is 482. The topological polar surface area (TPSA) is 71.8 Å². The van der Waals surface area contributed by atoms with Crippen molar-refractivity contribution in [3.8, 4) is 0 Å². The van der Waals surface area contributed by atoms with Crippen molar-refractivity contribution in [3.05, 3.63) is 11.9 Å². The summed E-state index contributed by atoms with van der Waals surface area (Å²) in [6.45, 7) is 6.40. The third-order valence-corrected chi connectivity index (χ3v) is 4.55. The van der Waals surface area contributed by atoms with Crippen LogP contribution in [-0.4, -0.2) is 40.0 Å². The first kappa shape index (κ1) is 13.5. The molecule has 3 rings (SSSR count). The molecule has 0 radical (unpaired) electrons. The molecule has 20 heavy (non-hydrogen) atoms. The first-order chi connectivity index (χ1) is 9.53. The van der Waals surface area contributed by atoms with Gasteiger partial charge in [0, 0.05) is 19.1 Å². The summed E-state index contributed by atoms with van der Waals surface area (Å²) in [5, 5.41) is 14.3. The lowest BCUT2D eigenvalue weighted by atomic mass is 9.75. The second-order valence-corrected chi connectivity index (χ2v) is 6.81. The van der Waals surface area contributed by atoms with E-state index in [2.05, 4.69) is 34.8 Å². The van der Waals surface area contributed by atoms with Crippen LogP contribution in [0.2, 0.25) is 0 Å². The molecule has 2 N–H and O–H groups in total. The minimum atomic E-state index is -0.0896. The van der Waals surface area contributed by atoms with E-state index in [0.29, 0.717) is 17.2 Å². The first-order valence-corrected chi connectivity index (χ1v) is 7.47. The van der Waals surface area contributed by atoms with E-state index in [1.54, 1.807) is 10.9 Å². The monoisotopic (exact) mass is 277 g/mol. The van der Waals surface area contributed by atoms with E-state index >= 15 is 0 Å². The van der Waals surface area contributed by atoms with Gasteiger partial charge in [-0.2, -0.15) is 0 Å². The maximum absolute atomic E-state index is 12.2. The van der Waals surface area contributed by atoms with E-state index in [1.807, 2.05) is 0 Å². The molecule has 1 aromatic heterocycles. The Kier molecular flexibility index (Phi) is 3.50. The van der Waals surface area contributed by atoms with E-state index < -0.39 is 0 Å². The molecular weight excluding hydrogens is 254 g/mol. The molecule has 1 aliphatic heterocycles. The van der Waals surface area contributed by atoms with Crippen LogP contribution in [0.4, 0.5) is 0 Å². The van der Waals surface area contributed by atoms with Crippen LogP contribution >= 0.6 is 0 Å². The zero-order valence-electron chi connectivity index (χ0n) is 12.2. The summed E-state index contributed by atoms with van der Waals surface area (Å²) >= 11 is 0. The highest BCUT2D eigenvalue weighted by atomic mass is 16.2. The predicted molar refractivity (Wildman–Crippen MR) is 75.4 cm³/mol. The lowest BCUT2D eigenvalue weighted by molar-refractivity contribution is 0.0904. The van der Waals surface area contributed by atoms with Crippen LogP contribution in [0.1, 0.15) is 56.1 Å². The van der Waals surface area contributed by atoms with Crippen molar-refractivity contribution in [2.24, 2.45) is 5.41 Å². The lowest BCUT2D eigenvalue weighted by Gasteiger charge is -2.34. The van der Waals surface area contributed by atoms with E-state index in [-0.39, 0.29) is 11.9 Å². The first-order valence-electron chi connectivity index (χ1n) is 7.47. The molecule has 2 heterocycles. The molecule has 2 fully saturated rings. The van der Waals surface area contributed by atoms with Gasteiger partial charge in [0.25, 0.3) is 5.91 Å². The van der Waals surface area contributed by atoms with E-state index in [1.165, 1.54) is 12.8 Å². The Hall–Kier alpha value is -1.43. The molecular formula is C14H23N5O. The zero-order valence-corrected chi connectivity index (χ0v) is 12.2. The van der Waals surface area contributed by atoms with E-state index in [9.17, 15) is 4.79 Å². The van der Waals surface area contributed by atoms with E-state index in [0.717, 1.165) is 25.9 Å². The van der Waals surface area contributed by atoms with Gasteiger partial charge in [-0.1, -0.05) is 19.1 Å². The second-order valence-electron chi connectivity index (χ2n) is 6.81. The number of nitrogens with zero attached hydrogens (tertiary/aromatic N) is 3. The lowest BCUT2D eigenvalue weighted by Crippen LogP contribution is -2.43. The number of nitrogens with one attached hydrogen (secondary N) is 2. The summed E-state index contributed by atoms with van der Waals surface area (Å²) in [5.74, 6) is -0.0896. The maximum atomic E-state index is 12.2. The zero-order chi connectivity index (χ0) is 14.2. The Morgan fingerprint density at radius 1 is 1.40 bits per heavy atom. The molecule has 6 nitrogen and oxygen atoms in total. The molecule has 1 aromatic rings. The van der Waals surface area contributed by atoms with Gasteiger partial charge < -0.3 is 10.6 Å². The van der Waals surface area contributed by atoms with Gasteiger partial charge >= 0.3 is 0 Å². The molecule has 110 valence electrons. The van der Waals surface area contributed by atoms with Crippen LogP contribution in [0.15, 0.2) is 6.20 Å². The quantitative estimate of drug-likeness (QED) is 0.868. The molecule has 6 heteroatoms. The molecule has 1 amide bonds. The highest BCUT2D eigenvalue weighted by molar-refractivity contribution is 5.92. The molecule has 2 aliphatic rings. The van der Waals surface area contributed by atoms with Crippen LogP contribution in [0.5, 0.6) is 0 Å². The molecule has 1 aliphatic carbocycles. The normalized spacial score (nSPS) is 23.3. The van der Waals surface area contributed by atoms with Gasteiger partial charge in [-0.15, -0.1) is 5.10 Å². The fourth-order valence-corrected chi connectivity index (χ4v) is 2.82. The highest BCUT2D eigenvalue weighted by Gasteiger charge is 2.28. The fraction of sp³-hybridized carbons (Fsp3) is 0.786. The molecule has 0 aromatic carbocycles. The van der Waals surface area contributed by atoms with Gasteiger partial charge in [0.1, 0.15) is 0 Å². The van der Waals surface area contributed by atoms with Gasteiger partial charge in [0.15, 0.2) is 5.69 Å². The molecule has 1 saturated carbocycles. The van der Waals surface area contributed by atoms with Gasteiger partial charge in [-0.05, 0) is 31.1 Å². The molecule has 0 atom stereocenters. The van der Waals surface area contributed by atoms with Gasteiger partial charge in [0.2, 0.25) is 0 Å². The highest BCUT2D eigenvalue weighted by Crippen LogP contribution is 2.35. The average molecular weight is 277 g/mol. The van der Waals surface area contributed by atoms with Crippen molar-refractivity contribution >= 4 is 5.91 Å². The summed E-state index contributed by atoms with van der Waals surface area (Å²) in [6.07, 6.45) is 6.20. The Labute approximate surface area is 119 Å². The van der Waals surface area contributed by atoms with Gasteiger partial charge in [0.05, 0.1) is 12.2 Å². The third-order valence-electron chi connectivity index (χ3n) is 4.55. The number of aromatic nitrogens is 3. The summed E-state index contributed by atoms with van der Waals surface area (Å²) in [6, 6.07) is 0.630. The minimum Gasteiger partial charge on any atom is -0.348 e. The Morgan fingerprint density at radius 3 is 2.70 bits per heavy atom. The third kappa shape index (κ3) is 2.85. The summed E-state index contributed by atoms with van der Waals surface area (Å²) < 4.78 is 1.79. The fourth-order valence-electron chi connectivity index (χ4n) is 2.82. The Balaban J connectivity index is 1.55. The smallest absolute Gasteiger partial charge is 0.273 e. The number of amides is 1. The number of hydrogen-bond acceptors (Lipinski definition) is 4. The number of carbonyl (C=O) groups is 1. The summed E-state index contributed by atoms with van der Waals surface area (Å²) in [5.41, 5.74) is 0.850. The number of carbonyl (C=O) groups excluding carboxylic acids is 1. The van der Waals surface area contributed by atoms with Crippen LogP contribution in [-0.2, 0) is 0 Å². The van der Waals surface area contributed by atoms with Crippen molar-refractivity contribution in [1.29, 1.82) is 0 Å². The summed E-state index contributed by atoms with van der Waals surface area (Å²) in [4.78, 5) is 12.2. The second kappa shape index (κ2) is 5.16. The Morgan fingerprint density at radius 2 is 2.10 bits per heavy atom. The van der Waals surface area contributed by atoms with Crippen molar-refractivity contribution in [3.63, 3.8) is 0 Å². The van der Waals surface area contributed by atoms with Crippen molar-refractivity contribution in [1.82, 2.24) is 25.6 Å². The molecule has 1 saturated heterocycles. The van der Waals surface area contributed by atoms with Gasteiger partial charge in [-0.25, -0.2) is 4.68 Å². The summed E-state index contributed by atoms with van der Waals surface area (Å²) in [7, 11) is 0. The SMILES string of the molecule is CC1(C)CCC(NC(=O)c2cn(C3CNC3)nn2)CC1. The van der Waals surface area contributed by atoms with Gasteiger partial charge in [-0.3, -0.25) is 4.79 Å². The molecule has 0 spiro atoms. The standard InChI is InChI=1S/C14H23N5O/c1-14(2)5-3-10(4-6-14)16-13(20)12-9-19(18-17-12)11-7-15-8-11/h9-11,15H,3-8H2,1-2H3,(H,16,20). The van der Waals surface area contributed by atoms with Crippen LogP contribution in [0.3, 0.4) is 0 Å². The van der Waals surface area contributed by atoms with Crippen molar-refractivity contribution in [2.75, 3.05) is 13.1 Å². The van der Waals surface area contributed by atoms with Crippen LogP contribution in [0, 0.1) is 5.41 Å². The predicted octanol–water partition coefficient (Wildman–Crippen LogP) is 1.12. The number of rotatable bonds is 3. The van der Waals surface area contributed by atoms with Crippen molar-refractivity contribution < 1.29 is 4.79 Å².